The number of anilines is 5. The van der Waals surface area contributed by atoms with E-state index in [-0.39, 0.29) is 5.41 Å². The third-order valence-corrected chi connectivity index (χ3v) is 16.2. The molecule has 0 amide bonds. The second kappa shape index (κ2) is 15.7. The topological polar surface area (TPSA) is 6.48 Å². The van der Waals surface area contributed by atoms with Crippen LogP contribution < -0.4 is 9.80 Å². The summed E-state index contributed by atoms with van der Waals surface area (Å²) in [5.41, 5.74) is 28.0. The molecule has 0 radical (unpaired) electrons. The molecule has 334 valence electrons. The molecule has 2 aliphatic heterocycles. The molecule has 2 heterocycles. The Morgan fingerprint density at radius 1 is 0.414 bits per heavy atom. The van der Waals surface area contributed by atoms with E-state index in [2.05, 4.69) is 254 Å². The van der Waals surface area contributed by atoms with Crippen LogP contribution in [0.1, 0.15) is 87.9 Å². The molecule has 0 aromatic heterocycles. The zero-order valence-electron chi connectivity index (χ0n) is 39.7. The molecule has 3 aliphatic carbocycles. The fourth-order valence-corrected chi connectivity index (χ4v) is 12.9. The van der Waals surface area contributed by atoms with Crippen LogP contribution in [-0.4, -0.2) is 0 Å². The van der Waals surface area contributed by atoms with E-state index < -0.39 is 5.41 Å². The number of para-hydroxylation sites is 3. The van der Waals surface area contributed by atoms with Gasteiger partial charge >= 0.3 is 0 Å². The van der Waals surface area contributed by atoms with Gasteiger partial charge < -0.3 is 9.80 Å². The summed E-state index contributed by atoms with van der Waals surface area (Å²) in [6.07, 6.45) is 13.5. The molecule has 0 saturated carbocycles. The normalized spacial score (nSPS) is 16.2. The Morgan fingerprint density at radius 2 is 0.857 bits per heavy atom. The van der Waals surface area contributed by atoms with E-state index in [1.54, 1.807) is 5.57 Å². The summed E-state index contributed by atoms with van der Waals surface area (Å²) < 4.78 is 0. The Kier molecular flexibility index (Phi) is 9.14. The van der Waals surface area contributed by atoms with Crippen LogP contribution in [0.4, 0.5) is 28.4 Å². The summed E-state index contributed by atoms with van der Waals surface area (Å²) in [7, 11) is 0. The minimum absolute atomic E-state index is 0.166. The van der Waals surface area contributed by atoms with Crippen molar-refractivity contribution in [2.45, 2.75) is 50.4 Å². The summed E-state index contributed by atoms with van der Waals surface area (Å²) in [6.45, 7) is 4.81. The number of rotatable bonds is 6. The Morgan fingerprint density at radius 3 is 1.46 bits per heavy atom. The minimum atomic E-state index is -0.550. The summed E-state index contributed by atoms with van der Waals surface area (Å²) in [4.78, 5) is 5.00. The molecule has 0 fully saturated rings. The van der Waals surface area contributed by atoms with Gasteiger partial charge in [-0.3, -0.25) is 0 Å². The molecule has 9 aromatic rings. The van der Waals surface area contributed by atoms with E-state index in [0.29, 0.717) is 0 Å². The van der Waals surface area contributed by atoms with Crippen LogP contribution in [0.15, 0.2) is 230 Å². The first-order chi connectivity index (χ1) is 34.4. The van der Waals surface area contributed by atoms with Gasteiger partial charge in [0.25, 0.3) is 0 Å². The van der Waals surface area contributed by atoms with Crippen molar-refractivity contribution >= 4 is 40.6 Å². The quantitative estimate of drug-likeness (QED) is 0.153. The molecule has 2 nitrogen and oxygen atoms in total. The highest BCUT2D eigenvalue weighted by Crippen LogP contribution is 2.58. The molecule has 14 rings (SSSR count). The molecule has 9 aromatic carbocycles. The first kappa shape index (κ1) is 40.8. The van der Waals surface area contributed by atoms with E-state index in [4.69, 9.17) is 0 Å². The van der Waals surface area contributed by atoms with Crippen LogP contribution in [0, 0.1) is 0 Å². The van der Waals surface area contributed by atoms with Crippen molar-refractivity contribution in [3.8, 4) is 22.3 Å². The average molecular weight is 897 g/mol. The van der Waals surface area contributed by atoms with Crippen molar-refractivity contribution in [1.29, 1.82) is 0 Å². The van der Waals surface area contributed by atoms with Crippen molar-refractivity contribution in [3.63, 3.8) is 0 Å². The lowest BCUT2D eigenvalue weighted by Crippen LogP contribution is -2.29. The van der Waals surface area contributed by atoms with Crippen LogP contribution in [-0.2, 0) is 23.7 Å². The number of benzene rings is 9. The summed E-state index contributed by atoms with van der Waals surface area (Å²) >= 11 is 0. The van der Waals surface area contributed by atoms with Crippen molar-refractivity contribution in [2.24, 2.45) is 0 Å². The average Bonchev–Trinajstić information content (AvgIpc) is 3.83. The van der Waals surface area contributed by atoms with E-state index in [9.17, 15) is 0 Å². The van der Waals surface area contributed by atoms with Crippen molar-refractivity contribution in [1.82, 2.24) is 0 Å². The smallest absolute Gasteiger partial charge is 0.0714 e. The van der Waals surface area contributed by atoms with Crippen molar-refractivity contribution < 1.29 is 0 Å². The van der Waals surface area contributed by atoms with Gasteiger partial charge in [-0.2, -0.15) is 0 Å². The maximum atomic E-state index is 2.52. The monoisotopic (exact) mass is 896 g/mol. The van der Waals surface area contributed by atoms with Crippen molar-refractivity contribution in [3.05, 3.63) is 291 Å². The number of allylic oxidation sites excluding steroid dienone is 3. The van der Waals surface area contributed by atoms with Gasteiger partial charge in [0.05, 0.1) is 5.41 Å². The summed E-state index contributed by atoms with van der Waals surface area (Å²) in [5, 5.41) is 0. The van der Waals surface area contributed by atoms with Gasteiger partial charge in [0.1, 0.15) is 0 Å². The number of hydrogen-bond acceptors (Lipinski definition) is 2. The van der Waals surface area contributed by atoms with Crippen LogP contribution >= 0.6 is 0 Å². The van der Waals surface area contributed by atoms with Gasteiger partial charge in [0.15, 0.2) is 0 Å². The molecule has 5 aliphatic rings. The van der Waals surface area contributed by atoms with E-state index in [0.717, 1.165) is 25.7 Å². The van der Waals surface area contributed by atoms with Crippen LogP contribution in [0.2, 0.25) is 0 Å². The molecular formula is C68H52N2. The standard InChI is InChI=1S/C68H52N2/c1-67(2)59-39-45(31-35-55(59)56-37-33-53(43-60(56)67)69-63-25-13-9-17-47(63)41-48-18-10-14-26-64(48)69)29-30-46-32-36-57-58-38-34-54(70-65-27-15-11-19-49(65)42-50-20-12-16-28-66(50)70)44-62(58)68(61(57)40-46,51-21-5-3-6-22-51)52-23-7-4-8-24-52/h3-9,11-17,19-40,43-44H,10,18,41-42H2,1-2H3. The second-order valence-electron chi connectivity index (χ2n) is 20.4. The molecule has 0 N–H and O–H groups in total. The maximum absolute atomic E-state index is 2.52. The molecule has 2 heteroatoms. The number of hydrogen-bond donors (Lipinski definition) is 0. The SMILES string of the molecule is CC1(C)c2cc(C=Cc3ccc4c(c3)C(c3ccccc3)(c3ccccc3)c3cc(N5c6ccccc6Cc6ccccc65)ccc3-4)ccc2-c2ccc(N3C4=C(CCC=C4)Cc4ccccc43)cc21. The Balaban J connectivity index is 0.854. The fourth-order valence-electron chi connectivity index (χ4n) is 12.9. The zero-order valence-corrected chi connectivity index (χ0v) is 39.7. The minimum Gasteiger partial charge on any atom is -0.310 e. The molecule has 0 saturated heterocycles. The largest absolute Gasteiger partial charge is 0.310 e. The van der Waals surface area contributed by atoms with Crippen LogP contribution in [0.5, 0.6) is 0 Å². The summed E-state index contributed by atoms with van der Waals surface area (Å²) in [6, 6.07) is 77.8. The van der Waals surface area contributed by atoms with Crippen LogP contribution in [0.25, 0.3) is 34.4 Å². The van der Waals surface area contributed by atoms with Gasteiger partial charge in [0, 0.05) is 46.0 Å². The third-order valence-electron chi connectivity index (χ3n) is 16.2. The lowest BCUT2D eigenvalue weighted by atomic mass is 9.67. The van der Waals surface area contributed by atoms with E-state index >= 15 is 0 Å². The Bertz CT molecular complexity index is 3610. The highest BCUT2D eigenvalue weighted by molar-refractivity contribution is 5.92. The van der Waals surface area contributed by atoms with Crippen LogP contribution in [0.3, 0.4) is 0 Å². The maximum Gasteiger partial charge on any atom is 0.0714 e. The van der Waals surface area contributed by atoms with Gasteiger partial charge in [-0.15, -0.1) is 0 Å². The molecular weight excluding hydrogens is 845 g/mol. The van der Waals surface area contributed by atoms with Crippen molar-refractivity contribution in [2.75, 3.05) is 9.80 Å². The zero-order chi connectivity index (χ0) is 46.6. The summed E-state index contributed by atoms with van der Waals surface area (Å²) in [5.74, 6) is 0. The second-order valence-corrected chi connectivity index (χ2v) is 20.4. The molecule has 0 spiro atoms. The fraction of sp³-hybridized carbons (Fsp3) is 0.118. The number of fused-ring (bicyclic) bond motifs is 9. The first-order valence-corrected chi connectivity index (χ1v) is 25.1. The first-order valence-electron chi connectivity index (χ1n) is 25.1. The lowest BCUT2D eigenvalue weighted by Gasteiger charge is -2.36. The molecule has 0 bridgehead atoms. The van der Waals surface area contributed by atoms with E-state index in [1.807, 2.05) is 0 Å². The molecule has 70 heavy (non-hydrogen) atoms. The van der Waals surface area contributed by atoms with Gasteiger partial charge in [0.2, 0.25) is 0 Å². The highest BCUT2D eigenvalue weighted by Gasteiger charge is 2.47. The van der Waals surface area contributed by atoms with Gasteiger partial charge in [-0.25, -0.2) is 0 Å². The van der Waals surface area contributed by atoms with E-state index in [1.165, 1.54) is 118 Å². The number of nitrogens with zero attached hydrogens (tertiary/aromatic N) is 2. The van der Waals surface area contributed by atoms with Gasteiger partial charge in [-0.1, -0.05) is 190 Å². The third kappa shape index (κ3) is 6.05. The van der Waals surface area contributed by atoms with Gasteiger partial charge in [-0.05, 0) is 163 Å². The lowest BCUT2D eigenvalue weighted by molar-refractivity contribution is 0.660. The molecule has 0 unspecified atom stereocenters. The Hall–Kier alpha value is -8.20. The predicted octanol–water partition coefficient (Wildman–Crippen LogP) is 17.2. The Labute approximate surface area is 411 Å². The highest BCUT2D eigenvalue weighted by atomic mass is 15.2. The molecule has 0 atom stereocenters. The predicted molar refractivity (Wildman–Crippen MR) is 292 cm³/mol.